The summed E-state index contributed by atoms with van der Waals surface area (Å²) < 4.78 is 34.5. The average molecular weight is 408 g/mol. The van der Waals surface area contributed by atoms with Crippen molar-refractivity contribution in [3.63, 3.8) is 0 Å². The van der Waals surface area contributed by atoms with E-state index in [9.17, 15) is 8.42 Å². The van der Waals surface area contributed by atoms with Gasteiger partial charge in [0.15, 0.2) is 0 Å². The molecule has 1 saturated heterocycles. The molecule has 2 fully saturated rings. The van der Waals surface area contributed by atoms with E-state index in [0.29, 0.717) is 42.0 Å². The van der Waals surface area contributed by atoms with Crippen molar-refractivity contribution in [3.8, 4) is 11.5 Å². The predicted octanol–water partition coefficient (Wildman–Crippen LogP) is 2.67. The van der Waals surface area contributed by atoms with Crippen LogP contribution in [0, 0.1) is 13.8 Å². The van der Waals surface area contributed by atoms with E-state index >= 15 is 0 Å². The first-order chi connectivity index (χ1) is 13.4. The monoisotopic (exact) mass is 407 g/mol. The first-order valence-corrected chi connectivity index (χ1v) is 11.6. The second kappa shape index (κ2) is 7.61. The van der Waals surface area contributed by atoms with Crippen molar-refractivity contribution >= 4 is 10.0 Å². The van der Waals surface area contributed by atoms with Gasteiger partial charge in [0, 0.05) is 43.5 Å². The van der Waals surface area contributed by atoms with E-state index in [1.165, 1.54) is 6.42 Å². The highest BCUT2D eigenvalue weighted by Crippen LogP contribution is 2.39. The third kappa shape index (κ3) is 3.40. The fourth-order valence-corrected chi connectivity index (χ4v) is 5.97. The average Bonchev–Trinajstić information content (AvgIpc) is 3.18. The second-order valence-corrected chi connectivity index (χ2v) is 9.77. The van der Waals surface area contributed by atoms with Gasteiger partial charge in [0.2, 0.25) is 15.9 Å². The van der Waals surface area contributed by atoms with Crippen LogP contribution in [-0.2, 0) is 10.0 Å². The largest absolute Gasteiger partial charge is 0.420 e. The van der Waals surface area contributed by atoms with E-state index < -0.39 is 10.0 Å². The van der Waals surface area contributed by atoms with Crippen molar-refractivity contribution in [2.45, 2.75) is 57.3 Å². The van der Waals surface area contributed by atoms with Crippen LogP contribution in [0.15, 0.2) is 9.31 Å². The highest BCUT2D eigenvalue weighted by atomic mass is 32.2. The summed E-state index contributed by atoms with van der Waals surface area (Å²) in [4.78, 5) is 5.76. The van der Waals surface area contributed by atoms with E-state index in [1.807, 2.05) is 6.92 Å². The minimum absolute atomic E-state index is 0.276. The zero-order valence-corrected chi connectivity index (χ0v) is 17.7. The molecular formula is C19H29N5O3S. The molecule has 1 saturated carbocycles. The van der Waals surface area contributed by atoms with E-state index in [0.717, 1.165) is 44.6 Å². The molecule has 1 N–H and O–H groups in total. The number of nitrogens with one attached hydrogen (secondary N) is 1. The SMILES string of the molecule is CCCN1CCN(S(=O)(=O)c2c(C)[nH]c(C)c2-c2nnc(C3CCC3)o2)CC1. The third-order valence-electron chi connectivity index (χ3n) is 5.90. The van der Waals surface area contributed by atoms with Crippen LogP contribution in [0.2, 0.25) is 0 Å². The lowest BCUT2D eigenvalue weighted by molar-refractivity contribution is 0.188. The first-order valence-electron chi connectivity index (χ1n) is 10.2. The van der Waals surface area contributed by atoms with E-state index in [-0.39, 0.29) is 4.90 Å². The van der Waals surface area contributed by atoms with Crippen LogP contribution >= 0.6 is 0 Å². The van der Waals surface area contributed by atoms with Gasteiger partial charge in [-0.15, -0.1) is 10.2 Å². The van der Waals surface area contributed by atoms with Crippen LogP contribution in [0.4, 0.5) is 0 Å². The van der Waals surface area contributed by atoms with Gasteiger partial charge in [-0.1, -0.05) is 13.3 Å². The molecule has 0 unspecified atom stereocenters. The van der Waals surface area contributed by atoms with Gasteiger partial charge >= 0.3 is 0 Å². The number of H-pyrrole nitrogens is 1. The van der Waals surface area contributed by atoms with E-state index in [1.54, 1.807) is 11.2 Å². The Labute approximate surface area is 166 Å². The topological polar surface area (TPSA) is 95.3 Å². The van der Waals surface area contributed by atoms with Crippen molar-refractivity contribution in [1.82, 2.24) is 24.4 Å². The number of sulfonamides is 1. The Kier molecular flexibility index (Phi) is 5.32. The molecule has 3 heterocycles. The van der Waals surface area contributed by atoms with Crippen molar-refractivity contribution < 1.29 is 12.8 Å². The minimum Gasteiger partial charge on any atom is -0.420 e. The molecule has 0 bridgehead atoms. The van der Waals surface area contributed by atoms with Gasteiger partial charge < -0.3 is 14.3 Å². The second-order valence-electron chi connectivity index (χ2n) is 7.90. The Morgan fingerprint density at radius 3 is 2.43 bits per heavy atom. The number of aryl methyl sites for hydroxylation is 2. The van der Waals surface area contributed by atoms with Crippen LogP contribution in [0.3, 0.4) is 0 Å². The third-order valence-corrected chi connectivity index (χ3v) is 7.97. The Hall–Kier alpha value is -1.71. The summed E-state index contributed by atoms with van der Waals surface area (Å²) in [5, 5.41) is 8.38. The molecular weight excluding hydrogens is 378 g/mol. The molecule has 9 heteroatoms. The maximum Gasteiger partial charge on any atom is 0.250 e. The molecule has 0 aromatic carbocycles. The van der Waals surface area contributed by atoms with Gasteiger partial charge in [0.05, 0.1) is 5.56 Å². The van der Waals surface area contributed by atoms with Crippen LogP contribution in [0.1, 0.15) is 55.8 Å². The lowest BCUT2D eigenvalue weighted by Crippen LogP contribution is -2.48. The standard InChI is InChI=1S/C19H29N5O3S/c1-4-8-23-9-11-24(12-10-23)28(25,26)17-14(3)20-13(2)16(17)19-22-21-18(27-19)15-6-5-7-15/h15,20H,4-12H2,1-3H3. The Bertz CT molecular complexity index is 937. The molecule has 0 amide bonds. The van der Waals surface area contributed by atoms with Crippen LogP contribution < -0.4 is 0 Å². The minimum atomic E-state index is -3.64. The fraction of sp³-hybridized carbons (Fsp3) is 0.684. The lowest BCUT2D eigenvalue weighted by Gasteiger charge is -2.33. The predicted molar refractivity (Wildman–Crippen MR) is 106 cm³/mol. The maximum absolute atomic E-state index is 13.5. The molecule has 2 aliphatic rings. The Morgan fingerprint density at radius 1 is 1.11 bits per heavy atom. The van der Waals surface area contributed by atoms with Gasteiger partial charge in [-0.05, 0) is 39.7 Å². The first kappa shape index (κ1) is 19.6. The molecule has 1 aliphatic carbocycles. The molecule has 8 nitrogen and oxygen atoms in total. The van der Waals surface area contributed by atoms with Gasteiger partial charge in [-0.2, -0.15) is 4.31 Å². The summed E-state index contributed by atoms with van der Waals surface area (Å²) in [7, 11) is -3.64. The molecule has 28 heavy (non-hydrogen) atoms. The molecule has 0 spiro atoms. The van der Waals surface area contributed by atoms with Gasteiger partial charge in [0.1, 0.15) is 4.90 Å². The summed E-state index contributed by atoms with van der Waals surface area (Å²) >= 11 is 0. The number of rotatable bonds is 6. The fourth-order valence-electron chi connectivity index (χ4n) is 4.13. The zero-order valence-electron chi connectivity index (χ0n) is 16.9. The summed E-state index contributed by atoms with van der Waals surface area (Å²) in [6.07, 6.45) is 4.36. The van der Waals surface area contributed by atoms with E-state index in [2.05, 4.69) is 27.0 Å². The number of aromatic nitrogens is 3. The highest BCUT2D eigenvalue weighted by Gasteiger charge is 2.36. The molecule has 154 valence electrons. The number of piperazine rings is 1. The van der Waals surface area contributed by atoms with Gasteiger partial charge in [0.25, 0.3) is 5.89 Å². The van der Waals surface area contributed by atoms with Crippen molar-refractivity contribution in [1.29, 1.82) is 0 Å². The summed E-state index contributed by atoms with van der Waals surface area (Å²) in [5.41, 5.74) is 1.88. The Morgan fingerprint density at radius 2 is 1.82 bits per heavy atom. The van der Waals surface area contributed by atoms with Gasteiger partial charge in [-0.3, -0.25) is 0 Å². The van der Waals surface area contributed by atoms with Crippen molar-refractivity contribution in [2.75, 3.05) is 32.7 Å². The maximum atomic E-state index is 13.5. The van der Waals surface area contributed by atoms with Crippen LogP contribution in [-0.4, -0.2) is 65.5 Å². The molecule has 0 radical (unpaired) electrons. The molecule has 1 aliphatic heterocycles. The smallest absolute Gasteiger partial charge is 0.250 e. The summed E-state index contributed by atoms with van der Waals surface area (Å²) in [5.74, 6) is 1.23. The zero-order chi connectivity index (χ0) is 19.9. The lowest BCUT2D eigenvalue weighted by atomic mass is 9.85. The molecule has 2 aromatic heterocycles. The van der Waals surface area contributed by atoms with Crippen molar-refractivity contribution in [2.24, 2.45) is 0 Å². The van der Waals surface area contributed by atoms with Crippen LogP contribution in [0.5, 0.6) is 0 Å². The molecule has 2 aromatic rings. The van der Waals surface area contributed by atoms with Crippen LogP contribution in [0.25, 0.3) is 11.5 Å². The Balaban J connectivity index is 1.65. The molecule has 4 rings (SSSR count). The number of nitrogens with zero attached hydrogens (tertiary/aromatic N) is 4. The van der Waals surface area contributed by atoms with Crippen molar-refractivity contribution in [3.05, 3.63) is 17.3 Å². The number of hydrogen-bond acceptors (Lipinski definition) is 6. The van der Waals surface area contributed by atoms with E-state index in [4.69, 9.17) is 4.42 Å². The highest BCUT2D eigenvalue weighted by molar-refractivity contribution is 7.89. The number of hydrogen-bond donors (Lipinski definition) is 1. The summed E-state index contributed by atoms with van der Waals surface area (Å²) in [6.45, 7) is 9.32. The summed E-state index contributed by atoms with van der Waals surface area (Å²) in [6, 6.07) is 0. The number of aromatic amines is 1. The van der Waals surface area contributed by atoms with Gasteiger partial charge in [-0.25, -0.2) is 8.42 Å². The molecule has 0 atom stereocenters. The normalized spacial score (nSPS) is 19.8. The quantitative estimate of drug-likeness (QED) is 0.791.